The van der Waals surface area contributed by atoms with E-state index in [2.05, 4.69) is 11.9 Å². The zero-order valence-corrected chi connectivity index (χ0v) is 15.6. The van der Waals surface area contributed by atoms with Gasteiger partial charge in [0.2, 0.25) is 0 Å². The molecule has 1 unspecified atom stereocenters. The highest BCUT2D eigenvalue weighted by Gasteiger charge is 2.32. The molecule has 1 aliphatic heterocycles. The predicted octanol–water partition coefficient (Wildman–Crippen LogP) is 3.33. The molecule has 0 radical (unpaired) electrons. The van der Waals surface area contributed by atoms with Gasteiger partial charge in [0.05, 0.1) is 11.1 Å². The van der Waals surface area contributed by atoms with Crippen LogP contribution in [0.15, 0.2) is 36.4 Å². The van der Waals surface area contributed by atoms with Gasteiger partial charge in [0.15, 0.2) is 5.11 Å². The second-order valence-corrected chi connectivity index (χ2v) is 6.34. The third-order valence-corrected chi connectivity index (χ3v) is 4.29. The maximum absolute atomic E-state index is 12.5. The Hall–Kier alpha value is -2.18. The molecule has 0 aromatic heterocycles. The molecule has 1 N–H and O–H groups in total. The van der Waals surface area contributed by atoms with Crippen molar-refractivity contribution in [1.82, 2.24) is 10.2 Å². The lowest BCUT2D eigenvalue weighted by molar-refractivity contribution is -0.128. The monoisotopic (exact) mass is 378 g/mol. The van der Waals surface area contributed by atoms with Gasteiger partial charge < -0.3 is 4.74 Å². The van der Waals surface area contributed by atoms with E-state index in [1.807, 2.05) is 13.8 Å². The van der Waals surface area contributed by atoms with E-state index in [1.165, 1.54) is 17.1 Å². The summed E-state index contributed by atoms with van der Waals surface area (Å²) in [5.74, 6) is -0.442. The van der Waals surface area contributed by atoms with Gasteiger partial charge >= 0.3 is 0 Å². The Morgan fingerprint density at radius 2 is 2.16 bits per heavy atom. The average Bonchev–Trinajstić information content (AvgIpc) is 2.57. The van der Waals surface area contributed by atoms with E-state index in [0.717, 1.165) is 6.42 Å². The average molecular weight is 379 g/mol. The number of hydrogen-bond acceptors (Lipinski definition) is 4. The molecule has 7 heteroatoms. The molecule has 1 aromatic carbocycles. The summed E-state index contributed by atoms with van der Waals surface area (Å²) in [6.07, 6.45) is 3.92. The summed E-state index contributed by atoms with van der Waals surface area (Å²) < 4.78 is 5.71. The van der Waals surface area contributed by atoms with Crippen LogP contribution in [0, 0.1) is 0 Å². The van der Waals surface area contributed by atoms with Crippen molar-refractivity contribution in [3.63, 3.8) is 0 Å². The number of thiocarbonyl (C=S) groups is 1. The van der Waals surface area contributed by atoms with Gasteiger partial charge in [-0.2, -0.15) is 0 Å². The van der Waals surface area contributed by atoms with Crippen molar-refractivity contribution in [3.8, 4) is 5.75 Å². The Morgan fingerprint density at radius 3 is 2.76 bits per heavy atom. The molecule has 0 bridgehead atoms. The van der Waals surface area contributed by atoms with Gasteiger partial charge in [-0.15, -0.1) is 6.58 Å². The standard InChI is InChI=1S/C18H19ClN2O3S/c1-4-8-21-17(23)13(16(22)20-18(21)25)9-12-6-7-15(14(19)10-12)24-11(3)5-2/h4,6-7,9-11H,1,5,8H2,2-3H3,(H,20,22,25)/b13-9-. The first-order valence-corrected chi connectivity index (χ1v) is 8.62. The molecule has 25 heavy (non-hydrogen) atoms. The van der Waals surface area contributed by atoms with Crippen LogP contribution in [0.1, 0.15) is 25.8 Å². The Balaban J connectivity index is 2.30. The molecular weight excluding hydrogens is 360 g/mol. The number of carbonyl (C=O) groups is 2. The van der Waals surface area contributed by atoms with Crippen molar-refractivity contribution < 1.29 is 14.3 Å². The predicted molar refractivity (Wildman–Crippen MR) is 102 cm³/mol. The molecule has 2 rings (SSSR count). The molecule has 2 amide bonds. The first-order valence-electron chi connectivity index (χ1n) is 7.83. The number of amides is 2. The van der Waals surface area contributed by atoms with Crippen LogP contribution in [0.5, 0.6) is 5.75 Å². The number of carbonyl (C=O) groups excluding carboxylic acids is 2. The van der Waals surface area contributed by atoms with Crippen LogP contribution in [-0.2, 0) is 9.59 Å². The fourth-order valence-corrected chi connectivity index (χ4v) is 2.64. The van der Waals surface area contributed by atoms with Gasteiger partial charge in [-0.05, 0) is 49.3 Å². The second-order valence-electron chi connectivity index (χ2n) is 5.55. The van der Waals surface area contributed by atoms with E-state index >= 15 is 0 Å². The quantitative estimate of drug-likeness (QED) is 0.357. The molecule has 5 nitrogen and oxygen atoms in total. The molecule has 0 saturated carbocycles. The highest BCUT2D eigenvalue weighted by molar-refractivity contribution is 7.80. The zero-order chi connectivity index (χ0) is 18.6. The van der Waals surface area contributed by atoms with Gasteiger partial charge in [-0.25, -0.2) is 0 Å². The molecule has 0 spiro atoms. The summed E-state index contributed by atoms with van der Waals surface area (Å²) >= 11 is 11.3. The number of hydrogen-bond donors (Lipinski definition) is 1. The lowest BCUT2D eigenvalue weighted by Gasteiger charge is -2.27. The molecule has 1 aliphatic rings. The maximum Gasteiger partial charge on any atom is 0.265 e. The minimum atomic E-state index is -0.536. The van der Waals surface area contributed by atoms with Crippen LogP contribution in [-0.4, -0.2) is 34.5 Å². The molecule has 1 atom stereocenters. The first kappa shape index (κ1) is 19.1. The third kappa shape index (κ3) is 4.46. The maximum atomic E-state index is 12.5. The molecular formula is C18H19ClN2O3S. The smallest absolute Gasteiger partial charge is 0.265 e. The second kappa shape index (κ2) is 8.27. The molecule has 132 valence electrons. The van der Waals surface area contributed by atoms with Crippen LogP contribution in [0.4, 0.5) is 0 Å². The van der Waals surface area contributed by atoms with Gasteiger partial charge in [0.1, 0.15) is 11.3 Å². The Labute approximate surface area is 157 Å². The molecule has 1 saturated heterocycles. The highest BCUT2D eigenvalue weighted by atomic mass is 35.5. The first-order chi connectivity index (χ1) is 11.9. The number of nitrogens with zero attached hydrogens (tertiary/aromatic N) is 1. The van der Waals surface area contributed by atoms with E-state index in [0.29, 0.717) is 16.3 Å². The molecule has 1 fully saturated rings. The van der Waals surface area contributed by atoms with Crippen molar-refractivity contribution in [2.24, 2.45) is 0 Å². The number of rotatable bonds is 6. The van der Waals surface area contributed by atoms with Crippen molar-refractivity contribution in [2.45, 2.75) is 26.4 Å². The van der Waals surface area contributed by atoms with Crippen LogP contribution in [0.3, 0.4) is 0 Å². The van der Waals surface area contributed by atoms with E-state index in [1.54, 1.807) is 18.2 Å². The molecule has 1 aromatic rings. The fraction of sp³-hybridized carbons (Fsp3) is 0.278. The Kier molecular flexibility index (Phi) is 6.33. The number of benzene rings is 1. The van der Waals surface area contributed by atoms with E-state index in [-0.39, 0.29) is 23.3 Å². The van der Waals surface area contributed by atoms with Crippen LogP contribution in [0.2, 0.25) is 5.02 Å². The highest BCUT2D eigenvalue weighted by Crippen LogP contribution is 2.28. The largest absolute Gasteiger partial charge is 0.489 e. The van der Waals surface area contributed by atoms with E-state index < -0.39 is 11.8 Å². The minimum Gasteiger partial charge on any atom is -0.489 e. The van der Waals surface area contributed by atoms with Gasteiger partial charge in [0.25, 0.3) is 11.8 Å². The Bertz CT molecular complexity index is 761. The van der Waals surface area contributed by atoms with Crippen LogP contribution >= 0.6 is 23.8 Å². The summed E-state index contributed by atoms with van der Waals surface area (Å²) in [4.78, 5) is 25.9. The van der Waals surface area contributed by atoms with Gasteiger partial charge in [-0.1, -0.05) is 30.7 Å². The van der Waals surface area contributed by atoms with E-state index in [9.17, 15) is 9.59 Å². The summed E-state index contributed by atoms with van der Waals surface area (Å²) in [6, 6.07) is 5.11. The topological polar surface area (TPSA) is 58.6 Å². The summed E-state index contributed by atoms with van der Waals surface area (Å²) in [5.41, 5.74) is 0.605. The molecule has 1 heterocycles. The molecule has 0 aliphatic carbocycles. The number of nitrogens with one attached hydrogen (secondary N) is 1. The summed E-state index contributed by atoms with van der Waals surface area (Å²) in [7, 11) is 0. The minimum absolute atomic E-state index is 0.0119. The van der Waals surface area contributed by atoms with Crippen molar-refractivity contribution >= 4 is 46.8 Å². The van der Waals surface area contributed by atoms with Crippen molar-refractivity contribution in [3.05, 3.63) is 47.0 Å². The third-order valence-electron chi connectivity index (χ3n) is 3.67. The SMILES string of the molecule is C=CCN1C(=O)/C(=C\c2ccc(OC(C)CC)c(Cl)c2)C(=O)NC1=S. The normalized spacial score (nSPS) is 17.5. The van der Waals surface area contributed by atoms with Crippen molar-refractivity contribution in [1.29, 1.82) is 0 Å². The lowest BCUT2D eigenvalue weighted by Crippen LogP contribution is -2.53. The fourth-order valence-electron chi connectivity index (χ4n) is 2.16. The number of ether oxygens (including phenoxy) is 1. The number of halogens is 1. The van der Waals surface area contributed by atoms with Crippen LogP contribution < -0.4 is 10.1 Å². The van der Waals surface area contributed by atoms with Crippen molar-refractivity contribution in [2.75, 3.05) is 6.54 Å². The zero-order valence-electron chi connectivity index (χ0n) is 14.0. The van der Waals surface area contributed by atoms with E-state index in [4.69, 9.17) is 28.6 Å². The van der Waals surface area contributed by atoms with Gasteiger partial charge in [-0.3, -0.25) is 19.8 Å². The lowest BCUT2D eigenvalue weighted by atomic mass is 10.1. The summed E-state index contributed by atoms with van der Waals surface area (Å²) in [6.45, 7) is 7.78. The van der Waals surface area contributed by atoms with Gasteiger partial charge in [0, 0.05) is 6.54 Å². The Morgan fingerprint density at radius 1 is 1.44 bits per heavy atom. The summed E-state index contributed by atoms with van der Waals surface area (Å²) in [5, 5.41) is 2.98. The van der Waals surface area contributed by atoms with Crippen LogP contribution in [0.25, 0.3) is 6.08 Å².